The summed E-state index contributed by atoms with van der Waals surface area (Å²) in [4.78, 5) is 36.5. The van der Waals surface area contributed by atoms with Crippen LogP contribution in [0.25, 0.3) is 0 Å². The zero-order chi connectivity index (χ0) is 13.5. The smallest absolute Gasteiger partial charge is 0.336 e. The van der Waals surface area contributed by atoms with Gasteiger partial charge in [0.25, 0.3) is 0 Å². The van der Waals surface area contributed by atoms with Gasteiger partial charge in [0.2, 0.25) is 0 Å². The second kappa shape index (κ2) is 6.81. The molecule has 0 spiro atoms. The predicted molar refractivity (Wildman–Crippen MR) is 53.3 cm³/mol. The normalized spacial score (nSPS) is 13.6. The molecule has 17 heavy (non-hydrogen) atoms. The molecule has 8 nitrogen and oxygen atoms in total. The van der Waals surface area contributed by atoms with Crippen LogP contribution in [-0.2, 0) is 24.0 Å². The van der Waals surface area contributed by atoms with E-state index in [1.54, 1.807) is 6.92 Å². The molecular formula is C9H15NO7. The number of aliphatic hydroxyl groups is 1. The fourth-order valence-corrected chi connectivity index (χ4v) is 1.000. The van der Waals surface area contributed by atoms with Crippen molar-refractivity contribution in [3.63, 3.8) is 0 Å². The number of nitrogens with two attached hydrogens (primary N) is 1. The zero-order valence-electron chi connectivity index (χ0n) is 9.34. The van der Waals surface area contributed by atoms with E-state index in [2.05, 4.69) is 15.5 Å². The SMILES string of the molecule is CCCOC(=O)CC(O)(CC(=O)ON)C(=O)O. The lowest BCUT2D eigenvalue weighted by molar-refractivity contribution is -0.173. The van der Waals surface area contributed by atoms with Gasteiger partial charge in [0.1, 0.15) is 0 Å². The van der Waals surface area contributed by atoms with Gasteiger partial charge in [-0.05, 0) is 6.42 Å². The van der Waals surface area contributed by atoms with Crippen LogP contribution < -0.4 is 5.90 Å². The van der Waals surface area contributed by atoms with Crippen molar-refractivity contribution in [1.82, 2.24) is 0 Å². The fourth-order valence-electron chi connectivity index (χ4n) is 1.000. The molecule has 0 radical (unpaired) electrons. The molecule has 1 unspecified atom stereocenters. The number of rotatable bonds is 7. The van der Waals surface area contributed by atoms with Crippen LogP contribution in [0.1, 0.15) is 26.2 Å². The Morgan fingerprint density at radius 1 is 1.24 bits per heavy atom. The molecule has 1 atom stereocenters. The Balaban J connectivity index is 4.56. The highest BCUT2D eigenvalue weighted by molar-refractivity contribution is 5.88. The van der Waals surface area contributed by atoms with E-state index in [0.717, 1.165) is 0 Å². The molecule has 0 aliphatic heterocycles. The van der Waals surface area contributed by atoms with Crippen LogP contribution in [0.3, 0.4) is 0 Å². The molecule has 0 aromatic rings. The van der Waals surface area contributed by atoms with Gasteiger partial charge in [0.05, 0.1) is 19.4 Å². The molecule has 0 aromatic carbocycles. The van der Waals surface area contributed by atoms with Crippen molar-refractivity contribution >= 4 is 17.9 Å². The topological polar surface area (TPSA) is 136 Å². The number of hydrogen-bond acceptors (Lipinski definition) is 7. The van der Waals surface area contributed by atoms with Crippen molar-refractivity contribution in [3.05, 3.63) is 0 Å². The highest BCUT2D eigenvalue weighted by atomic mass is 16.7. The largest absolute Gasteiger partial charge is 0.479 e. The van der Waals surface area contributed by atoms with Gasteiger partial charge in [-0.2, -0.15) is 5.90 Å². The maximum Gasteiger partial charge on any atom is 0.336 e. The Kier molecular flexibility index (Phi) is 6.15. The summed E-state index contributed by atoms with van der Waals surface area (Å²) in [5.74, 6) is 0.739. The first-order valence-corrected chi connectivity index (χ1v) is 4.86. The third-order valence-electron chi connectivity index (χ3n) is 1.87. The van der Waals surface area contributed by atoms with Gasteiger partial charge in [-0.25, -0.2) is 4.79 Å². The van der Waals surface area contributed by atoms with E-state index in [1.165, 1.54) is 0 Å². The van der Waals surface area contributed by atoms with Crippen LogP contribution in [0.2, 0.25) is 0 Å². The number of esters is 1. The van der Waals surface area contributed by atoms with E-state index < -0.39 is 36.4 Å². The van der Waals surface area contributed by atoms with Crippen LogP contribution in [0.5, 0.6) is 0 Å². The molecule has 0 bridgehead atoms. The minimum atomic E-state index is -2.57. The van der Waals surface area contributed by atoms with E-state index in [-0.39, 0.29) is 6.61 Å². The first kappa shape index (κ1) is 15.3. The summed E-state index contributed by atoms with van der Waals surface area (Å²) >= 11 is 0. The highest BCUT2D eigenvalue weighted by Gasteiger charge is 2.41. The van der Waals surface area contributed by atoms with E-state index in [0.29, 0.717) is 6.42 Å². The van der Waals surface area contributed by atoms with E-state index in [4.69, 9.17) is 5.11 Å². The lowest BCUT2D eigenvalue weighted by Crippen LogP contribution is -2.43. The minimum absolute atomic E-state index is 0.107. The summed E-state index contributed by atoms with van der Waals surface area (Å²) in [5, 5.41) is 18.3. The first-order valence-electron chi connectivity index (χ1n) is 4.86. The van der Waals surface area contributed by atoms with E-state index in [1.807, 2.05) is 0 Å². The Morgan fingerprint density at radius 2 is 1.76 bits per heavy atom. The second-order valence-corrected chi connectivity index (χ2v) is 3.40. The summed E-state index contributed by atoms with van der Waals surface area (Å²) in [5.41, 5.74) is -2.57. The van der Waals surface area contributed by atoms with E-state index >= 15 is 0 Å². The van der Waals surface area contributed by atoms with Crippen LogP contribution >= 0.6 is 0 Å². The van der Waals surface area contributed by atoms with Gasteiger partial charge in [-0.15, -0.1) is 0 Å². The average molecular weight is 249 g/mol. The Morgan fingerprint density at radius 3 is 2.18 bits per heavy atom. The van der Waals surface area contributed by atoms with Crippen molar-refractivity contribution in [2.45, 2.75) is 31.8 Å². The fraction of sp³-hybridized carbons (Fsp3) is 0.667. The monoisotopic (exact) mass is 249 g/mol. The predicted octanol–water partition coefficient (Wildman–Crippen LogP) is -1.05. The summed E-state index contributed by atoms with van der Waals surface area (Å²) in [7, 11) is 0. The Labute approximate surface area is 97.3 Å². The molecule has 0 saturated carbocycles. The summed E-state index contributed by atoms with van der Waals surface area (Å²) in [6.07, 6.45) is -1.22. The summed E-state index contributed by atoms with van der Waals surface area (Å²) < 4.78 is 4.61. The quantitative estimate of drug-likeness (QED) is 0.384. The lowest BCUT2D eigenvalue weighted by Gasteiger charge is -2.20. The third kappa shape index (κ3) is 5.27. The standard InChI is InChI=1S/C9H15NO7/c1-2-3-16-6(11)4-9(15,8(13)14)5-7(12)17-10/h15H,2-5,10H2,1H3,(H,13,14). The maximum absolute atomic E-state index is 11.2. The van der Waals surface area contributed by atoms with Crippen molar-refractivity contribution < 1.29 is 34.2 Å². The lowest BCUT2D eigenvalue weighted by atomic mass is 9.96. The maximum atomic E-state index is 11.2. The molecule has 8 heteroatoms. The number of hydrogen-bond donors (Lipinski definition) is 3. The van der Waals surface area contributed by atoms with Gasteiger partial charge in [0.15, 0.2) is 5.60 Å². The molecule has 4 N–H and O–H groups in total. The Bertz CT molecular complexity index is 304. The zero-order valence-corrected chi connectivity index (χ0v) is 9.34. The van der Waals surface area contributed by atoms with Gasteiger partial charge in [-0.3, -0.25) is 9.59 Å². The number of aliphatic carboxylic acids is 1. The van der Waals surface area contributed by atoms with Crippen LogP contribution in [0, 0.1) is 0 Å². The molecule has 0 aliphatic carbocycles. The molecule has 0 rings (SSSR count). The first-order chi connectivity index (χ1) is 7.85. The molecule has 0 fully saturated rings. The van der Waals surface area contributed by atoms with Crippen molar-refractivity contribution in [2.24, 2.45) is 5.90 Å². The molecular weight excluding hydrogens is 234 g/mol. The van der Waals surface area contributed by atoms with Crippen molar-refractivity contribution in [2.75, 3.05) is 6.61 Å². The average Bonchev–Trinajstić information content (AvgIpc) is 2.25. The number of carbonyl (C=O) groups excluding carboxylic acids is 2. The van der Waals surface area contributed by atoms with Crippen LogP contribution in [-0.4, -0.2) is 40.3 Å². The summed E-state index contributed by atoms with van der Waals surface area (Å²) in [6.45, 7) is 1.86. The van der Waals surface area contributed by atoms with Crippen LogP contribution in [0.4, 0.5) is 0 Å². The summed E-state index contributed by atoms with van der Waals surface area (Å²) in [6, 6.07) is 0. The van der Waals surface area contributed by atoms with Gasteiger partial charge in [0, 0.05) is 0 Å². The minimum Gasteiger partial charge on any atom is -0.479 e. The third-order valence-corrected chi connectivity index (χ3v) is 1.87. The molecule has 0 aromatic heterocycles. The molecule has 0 heterocycles. The molecule has 0 aliphatic rings. The van der Waals surface area contributed by atoms with Crippen LogP contribution in [0.15, 0.2) is 0 Å². The highest BCUT2D eigenvalue weighted by Crippen LogP contribution is 2.17. The van der Waals surface area contributed by atoms with Gasteiger partial charge >= 0.3 is 17.9 Å². The molecule has 0 amide bonds. The number of carboxylic acid groups (broad SMARTS) is 1. The molecule has 98 valence electrons. The van der Waals surface area contributed by atoms with E-state index in [9.17, 15) is 19.5 Å². The van der Waals surface area contributed by atoms with Gasteiger partial charge in [-0.1, -0.05) is 6.92 Å². The van der Waals surface area contributed by atoms with Crippen molar-refractivity contribution in [3.8, 4) is 0 Å². The second-order valence-electron chi connectivity index (χ2n) is 3.40. The number of carbonyl (C=O) groups is 3. The van der Waals surface area contributed by atoms with Gasteiger partial charge < -0.3 is 19.8 Å². The number of carboxylic acids is 1. The van der Waals surface area contributed by atoms with Crippen molar-refractivity contribution in [1.29, 1.82) is 0 Å². The Hall–Kier alpha value is -1.67. The molecule has 0 saturated heterocycles. The number of ether oxygens (including phenoxy) is 1.